The van der Waals surface area contributed by atoms with Crippen LogP contribution in [0, 0.1) is 5.92 Å². The first-order valence-electron chi connectivity index (χ1n) is 9.13. The minimum absolute atomic E-state index is 0.261. The minimum Gasteiger partial charge on any atom is -0.493 e. The van der Waals surface area contributed by atoms with Crippen molar-refractivity contribution in [2.45, 2.75) is 25.3 Å². The highest BCUT2D eigenvalue weighted by Crippen LogP contribution is 2.34. The van der Waals surface area contributed by atoms with Crippen LogP contribution < -0.4 is 10.1 Å². The number of hydrogen-bond acceptors (Lipinski definition) is 3. The molecular weight excluding hydrogens is 310 g/mol. The molecule has 4 rings (SSSR count). The Bertz CT molecular complexity index is 824. The van der Waals surface area contributed by atoms with Gasteiger partial charge in [0.15, 0.2) is 0 Å². The summed E-state index contributed by atoms with van der Waals surface area (Å²) in [4.78, 5) is 4.32. The molecule has 2 heterocycles. The van der Waals surface area contributed by atoms with E-state index >= 15 is 0 Å². The summed E-state index contributed by atoms with van der Waals surface area (Å²) in [6.07, 6.45) is 9.62. The second-order valence-corrected chi connectivity index (χ2v) is 6.86. The molecule has 2 aromatic heterocycles. The van der Waals surface area contributed by atoms with E-state index in [1.165, 1.54) is 29.3 Å². The Kier molecular flexibility index (Phi) is 4.70. The molecule has 1 aliphatic rings. The van der Waals surface area contributed by atoms with Gasteiger partial charge in [-0.05, 0) is 68.6 Å². The number of hydrogen-bond donors (Lipinski definition) is 1. The van der Waals surface area contributed by atoms with Gasteiger partial charge in [0.05, 0.1) is 18.2 Å². The highest BCUT2D eigenvalue weighted by molar-refractivity contribution is 5.86. The summed E-state index contributed by atoms with van der Waals surface area (Å²) in [7, 11) is 2.00. The Morgan fingerprint density at radius 2 is 2.16 bits per heavy atom. The summed E-state index contributed by atoms with van der Waals surface area (Å²) in [6, 6.07) is 13.0. The first-order chi connectivity index (χ1) is 12.4. The zero-order valence-electron chi connectivity index (χ0n) is 14.7. The van der Waals surface area contributed by atoms with Crippen LogP contribution in [-0.2, 0) is 0 Å². The van der Waals surface area contributed by atoms with Crippen LogP contribution in [0.25, 0.3) is 10.9 Å². The summed E-state index contributed by atoms with van der Waals surface area (Å²) in [5.41, 5.74) is 2.46. The van der Waals surface area contributed by atoms with E-state index in [0.29, 0.717) is 0 Å². The van der Waals surface area contributed by atoms with Crippen LogP contribution in [-0.4, -0.2) is 29.8 Å². The van der Waals surface area contributed by atoms with Crippen molar-refractivity contribution in [1.82, 2.24) is 14.9 Å². The van der Waals surface area contributed by atoms with Crippen LogP contribution in [0.15, 0.2) is 55.0 Å². The van der Waals surface area contributed by atoms with Gasteiger partial charge in [0, 0.05) is 24.0 Å². The molecule has 1 aromatic carbocycles. The van der Waals surface area contributed by atoms with Gasteiger partial charge in [0.1, 0.15) is 5.75 Å². The fourth-order valence-electron chi connectivity index (χ4n) is 3.37. The standard InChI is InChI=1S/C21H25N3O/c1-22-12-9-19(17-4-3-11-23-14-17)24-13-10-18-20(24)5-2-6-21(18)25-15-16-7-8-16/h2-6,10-11,13-14,16,19,22H,7-9,12,15H2,1H3. The van der Waals surface area contributed by atoms with Crippen molar-refractivity contribution in [1.29, 1.82) is 0 Å². The molecule has 130 valence electrons. The molecule has 4 nitrogen and oxygen atoms in total. The van der Waals surface area contributed by atoms with Gasteiger partial charge in [-0.15, -0.1) is 0 Å². The van der Waals surface area contributed by atoms with E-state index in [4.69, 9.17) is 4.74 Å². The van der Waals surface area contributed by atoms with E-state index in [0.717, 1.165) is 31.2 Å². The Labute approximate surface area is 148 Å². The normalized spacial score (nSPS) is 15.4. The Hall–Kier alpha value is -2.33. The van der Waals surface area contributed by atoms with Crippen LogP contribution in [0.2, 0.25) is 0 Å². The largest absolute Gasteiger partial charge is 0.493 e. The second-order valence-electron chi connectivity index (χ2n) is 6.86. The van der Waals surface area contributed by atoms with Crippen LogP contribution in [0.3, 0.4) is 0 Å². The molecule has 3 aromatic rings. The monoisotopic (exact) mass is 335 g/mol. The maximum atomic E-state index is 6.09. The van der Waals surface area contributed by atoms with E-state index in [1.54, 1.807) is 0 Å². The number of rotatable bonds is 8. The average Bonchev–Trinajstić information content (AvgIpc) is 3.39. The topological polar surface area (TPSA) is 39.1 Å². The number of pyridine rings is 1. The maximum absolute atomic E-state index is 6.09. The highest BCUT2D eigenvalue weighted by atomic mass is 16.5. The molecular formula is C21H25N3O. The van der Waals surface area contributed by atoms with Crippen LogP contribution in [0.1, 0.15) is 30.9 Å². The highest BCUT2D eigenvalue weighted by Gasteiger charge is 2.23. The molecule has 1 N–H and O–H groups in total. The van der Waals surface area contributed by atoms with Gasteiger partial charge in [-0.3, -0.25) is 4.98 Å². The molecule has 1 saturated carbocycles. The lowest BCUT2D eigenvalue weighted by atomic mass is 10.1. The molecule has 0 aliphatic heterocycles. The molecule has 1 atom stereocenters. The van der Waals surface area contributed by atoms with Gasteiger partial charge in [0.25, 0.3) is 0 Å². The molecule has 1 aliphatic carbocycles. The van der Waals surface area contributed by atoms with Crippen molar-refractivity contribution in [3.8, 4) is 5.75 Å². The van der Waals surface area contributed by atoms with E-state index < -0.39 is 0 Å². The zero-order valence-corrected chi connectivity index (χ0v) is 14.7. The lowest BCUT2D eigenvalue weighted by Crippen LogP contribution is -2.17. The fraction of sp³-hybridized carbons (Fsp3) is 0.381. The van der Waals surface area contributed by atoms with E-state index in [-0.39, 0.29) is 6.04 Å². The molecule has 0 amide bonds. The van der Waals surface area contributed by atoms with Crippen LogP contribution in [0.5, 0.6) is 5.75 Å². The summed E-state index contributed by atoms with van der Waals surface area (Å²) >= 11 is 0. The predicted octanol–water partition coefficient (Wildman–Crippen LogP) is 4.02. The molecule has 0 saturated heterocycles. The molecule has 1 unspecified atom stereocenters. The molecule has 1 fully saturated rings. The fourth-order valence-corrected chi connectivity index (χ4v) is 3.37. The Balaban J connectivity index is 1.69. The van der Waals surface area contributed by atoms with Gasteiger partial charge < -0.3 is 14.6 Å². The summed E-state index contributed by atoms with van der Waals surface area (Å²) in [5, 5.41) is 4.47. The maximum Gasteiger partial charge on any atom is 0.128 e. The van der Waals surface area contributed by atoms with Crippen molar-refractivity contribution >= 4 is 10.9 Å². The molecule has 25 heavy (non-hydrogen) atoms. The number of fused-ring (bicyclic) bond motifs is 1. The third-order valence-electron chi connectivity index (χ3n) is 4.97. The Morgan fingerprint density at radius 1 is 1.24 bits per heavy atom. The molecule has 0 bridgehead atoms. The molecule has 0 radical (unpaired) electrons. The Morgan fingerprint density at radius 3 is 2.92 bits per heavy atom. The quantitative estimate of drug-likeness (QED) is 0.676. The summed E-state index contributed by atoms with van der Waals surface area (Å²) in [6.45, 7) is 1.80. The number of nitrogens with zero attached hydrogens (tertiary/aromatic N) is 2. The first kappa shape index (κ1) is 16.2. The lowest BCUT2D eigenvalue weighted by molar-refractivity contribution is 0.303. The van der Waals surface area contributed by atoms with Gasteiger partial charge in [-0.1, -0.05) is 12.1 Å². The number of ether oxygens (including phenoxy) is 1. The van der Waals surface area contributed by atoms with E-state index in [1.807, 2.05) is 25.5 Å². The number of aromatic nitrogens is 2. The number of nitrogens with one attached hydrogen (secondary N) is 1. The van der Waals surface area contributed by atoms with Crippen molar-refractivity contribution in [3.05, 3.63) is 60.6 Å². The SMILES string of the molecule is CNCCC(c1cccnc1)n1ccc2c(OCC3CC3)cccc21. The van der Waals surface area contributed by atoms with E-state index in [9.17, 15) is 0 Å². The summed E-state index contributed by atoms with van der Waals surface area (Å²) in [5.74, 6) is 1.76. The van der Waals surface area contributed by atoms with Crippen molar-refractivity contribution in [3.63, 3.8) is 0 Å². The lowest BCUT2D eigenvalue weighted by Gasteiger charge is -2.20. The second kappa shape index (κ2) is 7.28. The van der Waals surface area contributed by atoms with Gasteiger partial charge in [0.2, 0.25) is 0 Å². The number of benzene rings is 1. The zero-order chi connectivity index (χ0) is 17.1. The van der Waals surface area contributed by atoms with Crippen LogP contribution in [0.4, 0.5) is 0 Å². The van der Waals surface area contributed by atoms with Crippen molar-refractivity contribution in [2.75, 3.05) is 20.2 Å². The first-order valence-corrected chi connectivity index (χ1v) is 9.13. The smallest absolute Gasteiger partial charge is 0.128 e. The minimum atomic E-state index is 0.261. The van der Waals surface area contributed by atoms with Crippen LogP contribution >= 0.6 is 0 Å². The van der Waals surface area contributed by atoms with Gasteiger partial charge in [-0.2, -0.15) is 0 Å². The molecule has 0 spiro atoms. The van der Waals surface area contributed by atoms with Gasteiger partial charge in [-0.25, -0.2) is 0 Å². The average molecular weight is 335 g/mol. The van der Waals surface area contributed by atoms with Crippen molar-refractivity contribution < 1.29 is 4.74 Å². The molecule has 4 heteroatoms. The summed E-state index contributed by atoms with van der Waals surface area (Å²) < 4.78 is 8.44. The predicted molar refractivity (Wildman–Crippen MR) is 101 cm³/mol. The third kappa shape index (κ3) is 3.54. The van der Waals surface area contributed by atoms with E-state index in [2.05, 4.69) is 51.4 Å². The third-order valence-corrected chi connectivity index (χ3v) is 4.97. The van der Waals surface area contributed by atoms with Crippen molar-refractivity contribution in [2.24, 2.45) is 5.92 Å². The van der Waals surface area contributed by atoms with Gasteiger partial charge >= 0.3 is 0 Å².